The van der Waals surface area contributed by atoms with E-state index >= 15 is 0 Å². The lowest BCUT2D eigenvalue weighted by Gasteiger charge is -2.34. The predicted octanol–water partition coefficient (Wildman–Crippen LogP) is 2.37. The van der Waals surface area contributed by atoms with E-state index in [0.29, 0.717) is 16.5 Å². The van der Waals surface area contributed by atoms with Gasteiger partial charge in [0.1, 0.15) is 18.1 Å². The van der Waals surface area contributed by atoms with Crippen molar-refractivity contribution in [1.82, 2.24) is 5.32 Å². The Hall–Kier alpha value is -2.45. The van der Waals surface area contributed by atoms with Crippen molar-refractivity contribution in [3.8, 4) is 11.5 Å². The minimum atomic E-state index is -3.60. The molecule has 1 atom stereocenters. The molecular formula is C19H21ClN2O5S. The van der Waals surface area contributed by atoms with Crippen LogP contribution in [0.4, 0.5) is 5.69 Å². The minimum absolute atomic E-state index is 0.128. The van der Waals surface area contributed by atoms with Gasteiger partial charge in [-0.2, -0.15) is 0 Å². The van der Waals surface area contributed by atoms with Crippen LogP contribution in [-0.2, 0) is 14.8 Å². The molecule has 0 aliphatic carbocycles. The molecule has 1 N–H and O–H groups in total. The first-order valence-electron chi connectivity index (χ1n) is 8.65. The number of hydrogen-bond donors (Lipinski definition) is 1. The Morgan fingerprint density at radius 3 is 2.68 bits per heavy atom. The first-order chi connectivity index (χ1) is 13.2. The molecule has 0 radical (unpaired) electrons. The Morgan fingerprint density at radius 1 is 1.29 bits per heavy atom. The zero-order chi connectivity index (χ0) is 20.3. The number of carbonyl (C=O) groups excluding carboxylic acids is 1. The predicted molar refractivity (Wildman–Crippen MR) is 108 cm³/mol. The zero-order valence-electron chi connectivity index (χ0n) is 15.5. The number of anilines is 1. The molecule has 0 fully saturated rings. The summed E-state index contributed by atoms with van der Waals surface area (Å²) in [6.07, 6.45) is 0.107. The molecule has 0 aromatic heterocycles. The number of hydrogen-bond acceptors (Lipinski definition) is 5. The minimum Gasteiger partial charge on any atom is -0.492 e. The molecular weight excluding hydrogens is 404 g/mol. The van der Waals surface area contributed by atoms with E-state index in [1.54, 1.807) is 12.1 Å². The van der Waals surface area contributed by atoms with E-state index in [4.69, 9.17) is 21.1 Å². The number of halogens is 1. The monoisotopic (exact) mass is 424 g/mol. The number of nitrogens with one attached hydrogen (secondary N) is 1. The quantitative estimate of drug-likeness (QED) is 0.719. The van der Waals surface area contributed by atoms with Gasteiger partial charge >= 0.3 is 0 Å². The standard InChI is InChI=1S/C19H21ClN2O5S/c1-13-3-6-15(7-4-13)26-10-9-21-19(23)18-12-22(28(2,24)25)16-11-14(20)5-8-17(16)27-18/h3-8,11,18H,9-10,12H2,1-2H3,(H,21,23)/t18-/m0/s1. The second kappa shape index (κ2) is 8.28. The van der Waals surface area contributed by atoms with Crippen LogP contribution in [0.5, 0.6) is 11.5 Å². The summed E-state index contributed by atoms with van der Waals surface area (Å²) in [4.78, 5) is 12.5. The molecule has 1 heterocycles. The highest BCUT2D eigenvalue weighted by molar-refractivity contribution is 7.92. The van der Waals surface area contributed by atoms with Crippen LogP contribution < -0.4 is 19.1 Å². The van der Waals surface area contributed by atoms with Crippen molar-refractivity contribution in [3.05, 3.63) is 53.1 Å². The summed E-state index contributed by atoms with van der Waals surface area (Å²) in [7, 11) is -3.60. The van der Waals surface area contributed by atoms with Crippen molar-refractivity contribution in [1.29, 1.82) is 0 Å². The highest BCUT2D eigenvalue weighted by Gasteiger charge is 2.35. The smallest absolute Gasteiger partial charge is 0.263 e. The molecule has 0 unspecified atom stereocenters. The van der Waals surface area contributed by atoms with Gasteiger partial charge in [-0.1, -0.05) is 29.3 Å². The van der Waals surface area contributed by atoms with Crippen LogP contribution in [0, 0.1) is 6.92 Å². The third-order valence-corrected chi connectivity index (χ3v) is 5.56. The number of sulfonamides is 1. The molecule has 0 saturated carbocycles. The molecule has 7 nitrogen and oxygen atoms in total. The summed E-state index contributed by atoms with van der Waals surface area (Å²) in [5, 5.41) is 3.09. The largest absolute Gasteiger partial charge is 0.492 e. The van der Waals surface area contributed by atoms with E-state index < -0.39 is 22.0 Å². The molecule has 150 valence electrons. The van der Waals surface area contributed by atoms with Crippen LogP contribution in [-0.4, -0.2) is 46.4 Å². The van der Waals surface area contributed by atoms with Crippen molar-refractivity contribution < 1.29 is 22.7 Å². The zero-order valence-corrected chi connectivity index (χ0v) is 17.1. The summed E-state index contributed by atoms with van der Waals surface area (Å²) in [5.41, 5.74) is 1.45. The van der Waals surface area contributed by atoms with E-state index in [1.165, 1.54) is 6.07 Å². The number of benzene rings is 2. The molecule has 0 bridgehead atoms. The van der Waals surface area contributed by atoms with Crippen LogP contribution >= 0.6 is 11.6 Å². The Bertz CT molecular complexity index is 963. The molecule has 1 aliphatic rings. The van der Waals surface area contributed by atoms with Gasteiger partial charge in [-0.15, -0.1) is 0 Å². The van der Waals surface area contributed by atoms with Crippen LogP contribution in [0.25, 0.3) is 0 Å². The van der Waals surface area contributed by atoms with Crippen molar-refractivity contribution in [2.75, 3.05) is 30.3 Å². The average Bonchev–Trinajstić information content (AvgIpc) is 2.64. The number of nitrogens with zero attached hydrogens (tertiary/aromatic N) is 1. The molecule has 28 heavy (non-hydrogen) atoms. The highest BCUT2D eigenvalue weighted by Crippen LogP contribution is 2.37. The fourth-order valence-corrected chi connectivity index (χ4v) is 3.84. The topological polar surface area (TPSA) is 84.9 Å². The lowest BCUT2D eigenvalue weighted by Crippen LogP contribution is -2.51. The average molecular weight is 425 g/mol. The number of ether oxygens (including phenoxy) is 2. The van der Waals surface area contributed by atoms with Gasteiger partial charge in [0.25, 0.3) is 5.91 Å². The normalized spacial score (nSPS) is 16.1. The molecule has 2 aromatic carbocycles. The van der Waals surface area contributed by atoms with Crippen molar-refractivity contribution in [2.24, 2.45) is 0 Å². The maximum absolute atomic E-state index is 12.5. The lowest BCUT2D eigenvalue weighted by atomic mass is 10.2. The van der Waals surface area contributed by atoms with Crippen molar-refractivity contribution in [3.63, 3.8) is 0 Å². The van der Waals surface area contributed by atoms with Gasteiger partial charge in [-0.25, -0.2) is 8.42 Å². The summed E-state index contributed by atoms with van der Waals surface area (Å²) < 4.78 is 36.7. The third-order valence-electron chi connectivity index (χ3n) is 4.17. The van der Waals surface area contributed by atoms with Crippen LogP contribution in [0.15, 0.2) is 42.5 Å². The van der Waals surface area contributed by atoms with Gasteiger partial charge in [-0.3, -0.25) is 9.10 Å². The summed E-state index contributed by atoms with van der Waals surface area (Å²) in [6.45, 7) is 2.40. The van der Waals surface area contributed by atoms with E-state index in [1.807, 2.05) is 31.2 Å². The Morgan fingerprint density at radius 2 is 2.00 bits per heavy atom. The number of fused-ring (bicyclic) bond motifs is 1. The number of aryl methyl sites for hydroxylation is 1. The number of amides is 1. The Kier molecular flexibility index (Phi) is 6.00. The molecule has 0 saturated heterocycles. The molecule has 1 amide bonds. The number of rotatable bonds is 6. The lowest BCUT2D eigenvalue weighted by molar-refractivity contribution is -0.127. The van der Waals surface area contributed by atoms with E-state index in [0.717, 1.165) is 16.1 Å². The number of carbonyl (C=O) groups is 1. The molecule has 9 heteroatoms. The van der Waals surface area contributed by atoms with Gasteiger partial charge in [0.2, 0.25) is 10.0 Å². The summed E-state index contributed by atoms with van der Waals surface area (Å²) in [5.74, 6) is 0.585. The second-order valence-electron chi connectivity index (χ2n) is 6.47. The van der Waals surface area contributed by atoms with Gasteiger partial charge in [0.05, 0.1) is 25.0 Å². The van der Waals surface area contributed by atoms with E-state index in [9.17, 15) is 13.2 Å². The molecule has 2 aromatic rings. The second-order valence-corrected chi connectivity index (χ2v) is 8.81. The van der Waals surface area contributed by atoms with Gasteiger partial charge < -0.3 is 14.8 Å². The van der Waals surface area contributed by atoms with Gasteiger partial charge in [0, 0.05) is 5.02 Å². The maximum atomic E-state index is 12.5. The first-order valence-corrected chi connectivity index (χ1v) is 10.9. The van der Waals surface area contributed by atoms with Crippen molar-refractivity contribution >= 4 is 33.2 Å². The van der Waals surface area contributed by atoms with Crippen molar-refractivity contribution in [2.45, 2.75) is 13.0 Å². The maximum Gasteiger partial charge on any atom is 0.263 e. The SMILES string of the molecule is Cc1ccc(OCCNC(=O)[C@@H]2CN(S(C)(=O)=O)c3cc(Cl)ccc3O2)cc1. The molecule has 3 rings (SSSR count). The first kappa shape index (κ1) is 20.3. The molecule has 1 aliphatic heterocycles. The Balaban J connectivity index is 1.61. The van der Waals surface area contributed by atoms with Crippen LogP contribution in [0.2, 0.25) is 5.02 Å². The van der Waals surface area contributed by atoms with E-state index in [-0.39, 0.29) is 25.4 Å². The third kappa shape index (κ3) is 4.88. The summed E-state index contributed by atoms with van der Waals surface area (Å²) in [6, 6.07) is 12.2. The highest BCUT2D eigenvalue weighted by atomic mass is 35.5. The fourth-order valence-electron chi connectivity index (χ4n) is 2.77. The molecule has 0 spiro atoms. The Labute approximate surface area is 169 Å². The fraction of sp³-hybridized carbons (Fsp3) is 0.316. The van der Waals surface area contributed by atoms with Crippen LogP contribution in [0.1, 0.15) is 5.56 Å². The van der Waals surface area contributed by atoms with Crippen LogP contribution in [0.3, 0.4) is 0 Å². The van der Waals surface area contributed by atoms with E-state index in [2.05, 4.69) is 5.32 Å². The summed E-state index contributed by atoms with van der Waals surface area (Å²) >= 11 is 5.96. The van der Waals surface area contributed by atoms with Gasteiger partial charge in [-0.05, 0) is 37.3 Å². The van der Waals surface area contributed by atoms with Gasteiger partial charge in [0.15, 0.2) is 6.10 Å².